The molecule has 0 aromatic heterocycles. The lowest BCUT2D eigenvalue weighted by Crippen LogP contribution is -2.29. The first-order valence-corrected chi connectivity index (χ1v) is 34.9. The molecule has 0 aliphatic heterocycles. The van der Waals surface area contributed by atoms with Crippen LogP contribution in [0.5, 0.6) is 0 Å². The summed E-state index contributed by atoms with van der Waals surface area (Å²) in [5.41, 5.74) is 5.40. The summed E-state index contributed by atoms with van der Waals surface area (Å²) >= 11 is 0. The highest BCUT2D eigenvalue weighted by Crippen LogP contribution is 2.43. The zero-order valence-electron chi connectivity index (χ0n) is 51.6. The van der Waals surface area contributed by atoms with Crippen LogP contribution < -0.4 is 5.73 Å². The van der Waals surface area contributed by atoms with Crippen molar-refractivity contribution in [3.05, 3.63) is 72.9 Å². The molecule has 0 bridgehead atoms. The molecule has 0 aliphatic carbocycles. The molecule has 9 nitrogen and oxygen atoms in total. The predicted octanol–water partition coefficient (Wildman–Crippen LogP) is 21.6. The van der Waals surface area contributed by atoms with Crippen LogP contribution in [0.3, 0.4) is 0 Å². The summed E-state index contributed by atoms with van der Waals surface area (Å²) in [5, 5.41) is 0. The van der Waals surface area contributed by atoms with Gasteiger partial charge in [0.15, 0.2) is 6.10 Å². The molecule has 0 saturated heterocycles. The van der Waals surface area contributed by atoms with Gasteiger partial charge in [-0.05, 0) is 83.5 Å². The van der Waals surface area contributed by atoms with Crippen LogP contribution in [-0.2, 0) is 32.7 Å². The Bertz CT molecular complexity index is 1520. The third-order valence-electron chi connectivity index (χ3n) is 14.6. The number of carbonyl (C=O) groups is 2. The first-order chi connectivity index (χ1) is 38.8. The van der Waals surface area contributed by atoms with Crippen LogP contribution in [-0.4, -0.2) is 49.3 Å². The summed E-state index contributed by atoms with van der Waals surface area (Å²) < 4.78 is 33.1. The first-order valence-electron chi connectivity index (χ1n) is 33.4. The summed E-state index contributed by atoms with van der Waals surface area (Å²) in [6.07, 6.45) is 84.2. The van der Waals surface area contributed by atoms with Crippen molar-refractivity contribution in [3.8, 4) is 0 Å². The first kappa shape index (κ1) is 76.5. The normalized spacial score (nSPS) is 13.4. The molecule has 0 radical (unpaired) electrons. The Balaban J connectivity index is 3.84. The fourth-order valence-electron chi connectivity index (χ4n) is 9.66. The largest absolute Gasteiger partial charge is 0.472 e. The fourth-order valence-corrected chi connectivity index (χ4v) is 10.4. The second-order valence-electron chi connectivity index (χ2n) is 22.3. The Kier molecular flexibility index (Phi) is 62.5. The predicted molar refractivity (Wildman–Crippen MR) is 339 cm³/mol. The molecule has 0 aliphatic rings. The number of carbonyl (C=O) groups excluding carboxylic acids is 2. The van der Waals surface area contributed by atoms with Crippen molar-refractivity contribution in [1.82, 2.24) is 0 Å². The average Bonchev–Trinajstić information content (AvgIpc) is 3.44. The van der Waals surface area contributed by atoms with Crippen molar-refractivity contribution in [2.45, 2.75) is 328 Å². The van der Waals surface area contributed by atoms with Crippen molar-refractivity contribution in [2.75, 3.05) is 26.4 Å². The molecule has 0 fully saturated rings. The van der Waals surface area contributed by atoms with E-state index < -0.39 is 26.5 Å². The molecular formula is C69H126NO8P. The monoisotopic (exact) mass is 1130 g/mol. The highest BCUT2D eigenvalue weighted by molar-refractivity contribution is 7.47. The number of allylic oxidation sites excluding steroid dienone is 12. The molecule has 3 N–H and O–H groups in total. The topological polar surface area (TPSA) is 134 Å². The number of hydrogen-bond acceptors (Lipinski definition) is 8. The number of rotatable bonds is 63. The fraction of sp³-hybridized carbons (Fsp3) is 0.797. The van der Waals surface area contributed by atoms with E-state index >= 15 is 0 Å². The zero-order chi connectivity index (χ0) is 57.3. The van der Waals surface area contributed by atoms with Gasteiger partial charge in [0.1, 0.15) is 6.61 Å². The van der Waals surface area contributed by atoms with Gasteiger partial charge in [-0.2, -0.15) is 0 Å². The lowest BCUT2D eigenvalue weighted by Gasteiger charge is -2.19. The van der Waals surface area contributed by atoms with Crippen molar-refractivity contribution in [1.29, 1.82) is 0 Å². The average molecular weight is 1130 g/mol. The van der Waals surface area contributed by atoms with Crippen molar-refractivity contribution in [2.24, 2.45) is 5.73 Å². The van der Waals surface area contributed by atoms with Gasteiger partial charge >= 0.3 is 19.8 Å². The maximum atomic E-state index is 12.8. The van der Waals surface area contributed by atoms with Crippen molar-refractivity contribution < 1.29 is 37.6 Å². The minimum absolute atomic E-state index is 0.0531. The van der Waals surface area contributed by atoms with E-state index in [1.165, 1.54) is 225 Å². The van der Waals surface area contributed by atoms with Gasteiger partial charge in [-0.3, -0.25) is 18.6 Å². The maximum Gasteiger partial charge on any atom is 0.472 e. The molecule has 2 unspecified atom stereocenters. The van der Waals surface area contributed by atoms with E-state index in [9.17, 15) is 19.0 Å². The number of unbranched alkanes of at least 4 members (excludes halogenated alkanes) is 38. The smallest absolute Gasteiger partial charge is 0.462 e. The van der Waals surface area contributed by atoms with Gasteiger partial charge in [-0.15, -0.1) is 0 Å². The van der Waals surface area contributed by atoms with E-state index in [0.29, 0.717) is 6.42 Å². The van der Waals surface area contributed by atoms with Crippen LogP contribution in [0.25, 0.3) is 0 Å². The van der Waals surface area contributed by atoms with Gasteiger partial charge in [-0.1, -0.05) is 299 Å². The number of phosphoric acid groups is 1. The number of nitrogens with two attached hydrogens (primary N) is 1. The van der Waals surface area contributed by atoms with E-state index in [4.69, 9.17) is 24.3 Å². The molecule has 460 valence electrons. The molecule has 0 spiro atoms. The Labute approximate surface area is 488 Å². The van der Waals surface area contributed by atoms with E-state index in [1.54, 1.807) is 0 Å². The Morgan fingerprint density at radius 1 is 0.392 bits per heavy atom. The molecule has 0 rings (SSSR count). The van der Waals surface area contributed by atoms with Crippen LogP contribution >= 0.6 is 7.82 Å². The molecule has 10 heteroatoms. The van der Waals surface area contributed by atoms with Gasteiger partial charge in [0.25, 0.3) is 0 Å². The molecule has 0 aromatic rings. The lowest BCUT2D eigenvalue weighted by molar-refractivity contribution is -0.161. The van der Waals surface area contributed by atoms with Crippen LogP contribution in [0, 0.1) is 0 Å². The zero-order valence-corrected chi connectivity index (χ0v) is 52.5. The molecule has 0 saturated carbocycles. The number of phosphoric ester groups is 1. The quantitative estimate of drug-likeness (QED) is 0.0264. The standard InChI is InChI=1S/C69H126NO8P/c1-3-5-7-9-11-13-15-17-19-21-23-25-27-28-29-30-31-32-33-34-35-36-37-38-40-42-44-46-48-50-52-54-56-58-60-62-69(72)78-67(66-77-79(73,74)76-64-63-70)65-75-68(71)61-59-57-55-53-51-49-47-45-43-41-39-26-24-22-20-18-16-14-12-10-8-6-4-2/h5,7,11,13,16-19,22-25,67H,3-4,6,8-10,12,14-15,20-21,26-66,70H2,1-2H3,(H,73,74)/b7-5-,13-11-,18-16-,19-17-,24-22-,25-23-. The Hall–Kier alpha value is -2.55. The second-order valence-corrected chi connectivity index (χ2v) is 23.8. The minimum Gasteiger partial charge on any atom is -0.462 e. The molecule has 2 atom stereocenters. The minimum atomic E-state index is -4.39. The van der Waals surface area contributed by atoms with Gasteiger partial charge in [-0.25, -0.2) is 4.57 Å². The van der Waals surface area contributed by atoms with Gasteiger partial charge in [0.2, 0.25) is 0 Å². The SMILES string of the molecule is CC/C=C\C/C=C\C/C=C\C/C=C\CCCCCCCCCCCCCCCCCCCCCCCCC(=O)OC(COC(=O)CCCCCCCCCCCCC/C=C\C/C=C\CCCCCCC)COP(=O)(O)OCCN. The lowest BCUT2D eigenvalue weighted by atomic mass is 10.0. The van der Waals surface area contributed by atoms with E-state index in [2.05, 4.69) is 86.8 Å². The highest BCUT2D eigenvalue weighted by Gasteiger charge is 2.26. The van der Waals surface area contributed by atoms with Crippen molar-refractivity contribution in [3.63, 3.8) is 0 Å². The van der Waals surface area contributed by atoms with Gasteiger partial charge in [0.05, 0.1) is 13.2 Å². The van der Waals surface area contributed by atoms with Crippen LogP contribution in [0.2, 0.25) is 0 Å². The number of hydrogen-bond donors (Lipinski definition) is 2. The van der Waals surface area contributed by atoms with Crippen LogP contribution in [0.15, 0.2) is 72.9 Å². The second kappa shape index (κ2) is 64.6. The molecule has 0 aromatic carbocycles. The molecular weight excluding hydrogens is 1000 g/mol. The van der Waals surface area contributed by atoms with E-state index in [-0.39, 0.29) is 38.6 Å². The molecule has 0 heterocycles. The number of ether oxygens (including phenoxy) is 2. The summed E-state index contributed by atoms with van der Waals surface area (Å²) in [7, 11) is -4.39. The van der Waals surface area contributed by atoms with E-state index in [0.717, 1.165) is 64.2 Å². The molecule has 79 heavy (non-hydrogen) atoms. The van der Waals surface area contributed by atoms with Crippen molar-refractivity contribution >= 4 is 19.8 Å². The van der Waals surface area contributed by atoms with Gasteiger partial charge in [0, 0.05) is 19.4 Å². The summed E-state index contributed by atoms with van der Waals surface area (Å²) in [5.74, 6) is -0.816. The third-order valence-corrected chi connectivity index (χ3v) is 15.6. The summed E-state index contributed by atoms with van der Waals surface area (Å²) in [6.45, 7) is 3.66. The summed E-state index contributed by atoms with van der Waals surface area (Å²) in [6, 6.07) is 0. The van der Waals surface area contributed by atoms with E-state index in [1.807, 2.05) is 0 Å². The van der Waals surface area contributed by atoms with Crippen LogP contribution in [0.1, 0.15) is 322 Å². The Morgan fingerprint density at radius 2 is 0.696 bits per heavy atom. The number of esters is 2. The Morgan fingerprint density at radius 3 is 1.04 bits per heavy atom. The third kappa shape index (κ3) is 64.5. The van der Waals surface area contributed by atoms with Gasteiger partial charge < -0.3 is 20.1 Å². The highest BCUT2D eigenvalue weighted by atomic mass is 31.2. The maximum absolute atomic E-state index is 12.8. The van der Waals surface area contributed by atoms with Crippen LogP contribution in [0.4, 0.5) is 0 Å². The molecule has 0 amide bonds. The summed E-state index contributed by atoms with van der Waals surface area (Å²) in [4.78, 5) is 35.3.